The number of piperidine rings is 1. The molecule has 0 atom stereocenters. The van der Waals surface area contributed by atoms with E-state index >= 15 is 0 Å². The van der Waals surface area contributed by atoms with Gasteiger partial charge in [-0.1, -0.05) is 30.3 Å². The number of carbonyl (C=O) groups is 1. The lowest BCUT2D eigenvalue weighted by atomic mass is 9.89. The summed E-state index contributed by atoms with van der Waals surface area (Å²) in [7, 11) is 0. The molecule has 120 valence electrons. The maximum Gasteiger partial charge on any atom is 0.227 e. The molecule has 4 heteroatoms. The van der Waals surface area contributed by atoms with Crippen LogP contribution in [0.15, 0.2) is 48.5 Å². The third-order valence-electron chi connectivity index (χ3n) is 4.51. The molecule has 2 aromatic carbocycles. The van der Waals surface area contributed by atoms with Gasteiger partial charge in [-0.2, -0.15) is 0 Å². The molecule has 2 aromatic rings. The van der Waals surface area contributed by atoms with Crippen LogP contribution >= 0.6 is 0 Å². The van der Waals surface area contributed by atoms with Gasteiger partial charge in [0, 0.05) is 13.1 Å². The second kappa shape index (κ2) is 6.82. The van der Waals surface area contributed by atoms with Gasteiger partial charge in [-0.05, 0) is 48.1 Å². The molecule has 0 radical (unpaired) electrons. The number of carbonyl (C=O) groups excluding carboxylic acids is 1. The maximum atomic E-state index is 13.6. The van der Waals surface area contributed by atoms with Gasteiger partial charge >= 0.3 is 0 Å². The molecule has 1 aliphatic heterocycles. The van der Waals surface area contributed by atoms with E-state index in [-0.39, 0.29) is 23.9 Å². The molecule has 0 aliphatic carbocycles. The zero-order valence-electron chi connectivity index (χ0n) is 12.9. The number of nitrogens with zero attached hydrogens (tertiary/aromatic N) is 1. The molecule has 1 amide bonds. The van der Waals surface area contributed by atoms with Crippen LogP contribution in [-0.2, 0) is 11.2 Å². The van der Waals surface area contributed by atoms with Crippen LogP contribution in [0.2, 0.25) is 0 Å². The van der Waals surface area contributed by atoms with Crippen molar-refractivity contribution in [2.45, 2.75) is 25.2 Å². The van der Waals surface area contributed by atoms with Gasteiger partial charge in [0.25, 0.3) is 0 Å². The Morgan fingerprint density at radius 2 is 1.74 bits per heavy atom. The summed E-state index contributed by atoms with van der Waals surface area (Å²) < 4.78 is 13.6. The smallest absolute Gasteiger partial charge is 0.227 e. The molecule has 3 nitrogen and oxygen atoms in total. The molecule has 23 heavy (non-hydrogen) atoms. The van der Waals surface area contributed by atoms with Gasteiger partial charge in [0.2, 0.25) is 5.91 Å². The standard InChI is InChI=1S/C19H20FNO2/c20-18-4-2-1-3-16(18)13-19(23)21-11-9-15(10-12-21)14-5-7-17(22)8-6-14/h1-8,15,22H,9-13H2. The summed E-state index contributed by atoms with van der Waals surface area (Å²) in [4.78, 5) is 14.2. The number of likely N-dealkylation sites (tertiary alicyclic amines) is 1. The van der Waals surface area contributed by atoms with Gasteiger partial charge < -0.3 is 10.0 Å². The first-order valence-electron chi connectivity index (χ1n) is 7.93. The van der Waals surface area contributed by atoms with Crippen molar-refractivity contribution in [3.8, 4) is 5.75 Å². The van der Waals surface area contributed by atoms with Crippen LogP contribution in [0.3, 0.4) is 0 Å². The zero-order valence-corrected chi connectivity index (χ0v) is 12.9. The normalized spacial score (nSPS) is 15.6. The molecule has 0 aromatic heterocycles. The molecule has 0 bridgehead atoms. The lowest BCUT2D eigenvalue weighted by Gasteiger charge is -2.32. The van der Waals surface area contributed by atoms with E-state index in [9.17, 15) is 14.3 Å². The van der Waals surface area contributed by atoms with Crippen LogP contribution in [0, 0.1) is 5.82 Å². The van der Waals surface area contributed by atoms with Crippen LogP contribution in [0.1, 0.15) is 29.9 Å². The van der Waals surface area contributed by atoms with Crippen molar-refractivity contribution in [2.75, 3.05) is 13.1 Å². The third kappa shape index (κ3) is 3.70. The van der Waals surface area contributed by atoms with E-state index in [1.165, 1.54) is 11.6 Å². The monoisotopic (exact) mass is 313 g/mol. The quantitative estimate of drug-likeness (QED) is 0.942. The Bertz CT molecular complexity index is 676. The van der Waals surface area contributed by atoms with Gasteiger partial charge in [-0.25, -0.2) is 4.39 Å². The summed E-state index contributed by atoms with van der Waals surface area (Å²) >= 11 is 0. The second-order valence-corrected chi connectivity index (χ2v) is 6.01. The highest BCUT2D eigenvalue weighted by atomic mass is 19.1. The second-order valence-electron chi connectivity index (χ2n) is 6.01. The highest BCUT2D eigenvalue weighted by Gasteiger charge is 2.24. The molecule has 3 rings (SSSR count). The van der Waals surface area contributed by atoms with E-state index in [1.807, 2.05) is 17.0 Å². The summed E-state index contributed by atoms with van der Waals surface area (Å²) in [6.45, 7) is 1.39. The van der Waals surface area contributed by atoms with Crippen LogP contribution in [0.4, 0.5) is 4.39 Å². The van der Waals surface area contributed by atoms with Crippen molar-refractivity contribution >= 4 is 5.91 Å². The predicted molar refractivity (Wildman–Crippen MR) is 86.8 cm³/mol. The Hall–Kier alpha value is -2.36. The van der Waals surface area contributed by atoms with Gasteiger partial charge in [0.05, 0.1) is 6.42 Å². The first kappa shape index (κ1) is 15.5. The van der Waals surface area contributed by atoms with Crippen molar-refractivity contribution in [3.05, 3.63) is 65.5 Å². The molecule has 1 aliphatic rings. The first-order valence-corrected chi connectivity index (χ1v) is 7.93. The largest absolute Gasteiger partial charge is 0.508 e. The van der Waals surface area contributed by atoms with Crippen LogP contribution in [-0.4, -0.2) is 29.0 Å². The lowest BCUT2D eigenvalue weighted by molar-refractivity contribution is -0.131. The molecular formula is C19H20FNO2. The Kier molecular flexibility index (Phi) is 4.60. The zero-order chi connectivity index (χ0) is 16.2. The topological polar surface area (TPSA) is 40.5 Å². The number of hydrogen-bond donors (Lipinski definition) is 1. The van der Waals surface area contributed by atoms with Crippen molar-refractivity contribution in [2.24, 2.45) is 0 Å². The Morgan fingerprint density at radius 1 is 1.09 bits per heavy atom. The van der Waals surface area contributed by atoms with Gasteiger partial charge in [-0.15, -0.1) is 0 Å². The molecule has 1 heterocycles. The highest BCUT2D eigenvalue weighted by molar-refractivity contribution is 5.79. The lowest BCUT2D eigenvalue weighted by Crippen LogP contribution is -2.38. The Morgan fingerprint density at radius 3 is 2.39 bits per heavy atom. The van der Waals surface area contributed by atoms with E-state index in [4.69, 9.17) is 0 Å². The number of aromatic hydroxyl groups is 1. The van der Waals surface area contributed by atoms with E-state index in [2.05, 4.69) is 0 Å². The minimum Gasteiger partial charge on any atom is -0.508 e. The molecule has 1 saturated heterocycles. The molecule has 0 unspecified atom stereocenters. The summed E-state index contributed by atoms with van der Waals surface area (Å²) in [5.41, 5.74) is 1.65. The molecule has 0 saturated carbocycles. The molecule has 0 spiro atoms. The van der Waals surface area contributed by atoms with E-state index in [1.54, 1.807) is 30.3 Å². The van der Waals surface area contributed by atoms with E-state index in [0.29, 0.717) is 24.6 Å². The van der Waals surface area contributed by atoms with E-state index < -0.39 is 0 Å². The van der Waals surface area contributed by atoms with Crippen LogP contribution < -0.4 is 0 Å². The number of hydrogen-bond acceptors (Lipinski definition) is 2. The summed E-state index contributed by atoms with van der Waals surface area (Å²) in [6, 6.07) is 13.7. The SMILES string of the molecule is O=C(Cc1ccccc1F)N1CCC(c2ccc(O)cc2)CC1. The molecule has 1 N–H and O–H groups in total. The van der Waals surface area contributed by atoms with Crippen LogP contribution in [0.25, 0.3) is 0 Å². The number of halogens is 1. The number of phenolic OH excluding ortho intramolecular Hbond substituents is 1. The number of phenols is 1. The highest BCUT2D eigenvalue weighted by Crippen LogP contribution is 2.29. The number of amides is 1. The van der Waals surface area contributed by atoms with Crippen LogP contribution in [0.5, 0.6) is 5.75 Å². The van der Waals surface area contributed by atoms with Crippen molar-refractivity contribution in [1.82, 2.24) is 4.90 Å². The van der Waals surface area contributed by atoms with Gasteiger partial charge in [-0.3, -0.25) is 4.79 Å². The average molecular weight is 313 g/mol. The minimum absolute atomic E-state index is 0.0146. The van der Waals surface area contributed by atoms with Crippen molar-refractivity contribution < 1.29 is 14.3 Å². The first-order chi connectivity index (χ1) is 11.1. The fraction of sp³-hybridized carbons (Fsp3) is 0.316. The summed E-state index contributed by atoms with van der Waals surface area (Å²) in [5, 5.41) is 9.35. The fourth-order valence-electron chi connectivity index (χ4n) is 3.13. The van der Waals surface area contributed by atoms with Crippen molar-refractivity contribution in [1.29, 1.82) is 0 Å². The number of rotatable bonds is 3. The fourth-order valence-corrected chi connectivity index (χ4v) is 3.13. The molecular weight excluding hydrogens is 293 g/mol. The Labute approximate surface area is 135 Å². The maximum absolute atomic E-state index is 13.6. The molecule has 1 fully saturated rings. The van der Waals surface area contributed by atoms with E-state index in [0.717, 1.165) is 12.8 Å². The third-order valence-corrected chi connectivity index (χ3v) is 4.51. The summed E-state index contributed by atoms with van der Waals surface area (Å²) in [6.07, 6.45) is 1.91. The summed E-state index contributed by atoms with van der Waals surface area (Å²) in [5.74, 6) is 0.346. The van der Waals surface area contributed by atoms with Crippen molar-refractivity contribution in [3.63, 3.8) is 0 Å². The average Bonchev–Trinajstić information content (AvgIpc) is 2.58. The predicted octanol–water partition coefficient (Wildman–Crippen LogP) is 3.48. The number of benzene rings is 2. The van der Waals surface area contributed by atoms with Gasteiger partial charge in [0.15, 0.2) is 0 Å². The minimum atomic E-state index is -0.320. The van der Waals surface area contributed by atoms with Gasteiger partial charge in [0.1, 0.15) is 11.6 Å². The Balaban J connectivity index is 1.57.